The van der Waals surface area contributed by atoms with Crippen LogP contribution in [-0.4, -0.2) is 0 Å². The predicted octanol–water partition coefficient (Wildman–Crippen LogP) is 4.71. The van der Waals surface area contributed by atoms with E-state index in [1.54, 1.807) is 0 Å². The fourth-order valence-electron chi connectivity index (χ4n) is 3.33. The molecular weight excluding hydrogens is 242 g/mol. The van der Waals surface area contributed by atoms with Crippen LogP contribution in [0.2, 0.25) is 0 Å². The van der Waals surface area contributed by atoms with Crippen LogP contribution in [-0.2, 0) is 6.54 Å². The second kappa shape index (κ2) is 6.71. The summed E-state index contributed by atoms with van der Waals surface area (Å²) in [6.45, 7) is 0.955. The van der Waals surface area contributed by atoms with Crippen molar-refractivity contribution in [2.45, 2.75) is 38.3 Å². The molecule has 1 unspecified atom stereocenters. The lowest BCUT2D eigenvalue weighted by molar-refractivity contribution is 0.366. The molecule has 1 aliphatic carbocycles. The van der Waals surface area contributed by atoms with Gasteiger partial charge in [-0.3, -0.25) is 0 Å². The summed E-state index contributed by atoms with van der Waals surface area (Å²) in [4.78, 5) is 0. The molecule has 0 radical (unpaired) electrons. The Kier molecular flexibility index (Phi) is 4.49. The van der Waals surface area contributed by atoms with E-state index in [4.69, 9.17) is 0 Å². The summed E-state index contributed by atoms with van der Waals surface area (Å²) in [5.41, 5.74) is 2.81. The van der Waals surface area contributed by atoms with Crippen LogP contribution in [0, 0.1) is 5.92 Å². The van der Waals surface area contributed by atoms with E-state index in [1.807, 2.05) is 0 Å². The molecule has 1 atom stereocenters. The van der Waals surface area contributed by atoms with Crippen molar-refractivity contribution in [1.82, 2.24) is 5.32 Å². The third kappa shape index (κ3) is 3.29. The highest BCUT2D eigenvalue weighted by atomic mass is 14.9. The van der Waals surface area contributed by atoms with Crippen LogP contribution >= 0.6 is 0 Å². The van der Waals surface area contributed by atoms with E-state index in [-0.39, 0.29) is 0 Å². The lowest BCUT2D eigenvalue weighted by Crippen LogP contribution is -2.26. The van der Waals surface area contributed by atoms with E-state index in [1.165, 1.54) is 36.8 Å². The first-order valence-corrected chi connectivity index (χ1v) is 7.76. The minimum Gasteiger partial charge on any atom is -0.306 e. The number of hydrogen-bond donors (Lipinski definition) is 1. The van der Waals surface area contributed by atoms with E-state index in [9.17, 15) is 0 Å². The lowest BCUT2D eigenvalue weighted by atomic mass is 9.91. The Labute approximate surface area is 122 Å². The predicted molar refractivity (Wildman–Crippen MR) is 84.4 cm³/mol. The SMILES string of the molecule is c1ccc(CNC(c2ccccc2)C2CCCC2)cc1. The smallest absolute Gasteiger partial charge is 0.0351 e. The van der Waals surface area contributed by atoms with Gasteiger partial charge in [0.1, 0.15) is 0 Å². The zero-order valence-corrected chi connectivity index (χ0v) is 12.0. The maximum absolute atomic E-state index is 3.79. The normalized spacial score (nSPS) is 17.2. The van der Waals surface area contributed by atoms with Gasteiger partial charge in [0.25, 0.3) is 0 Å². The van der Waals surface area contributed by atoms with Gasteiger partial charge in [0.2, 0.25) is 0 Å². The fraction of sp³-hybridized carbons (Fsp3) is 0.368. The molecule has 1 aliphatic rings. The topological polar surface area (TPSA) is 12.0 Å². The highest BCUT2D eigenvalue weighted by Gasteiger charge is 2.25. The molecule has 3 rings (SSSR count). The molecular formula is C19H23N. The Morgan fingerprint density at radius 2 is 1.45 bits per heavy atom. The first-order chi connectivity index (χ1) is 9.93. The zero-order chi connectivity index (χ0) is 13.6. The van der Waals surface area contributed by atoms with Crippen molar-refractivity contribution in [1.29, 1.82) is 0 Å². The van der Waals surface area contributed by atoms with E-state index >= 15 is 0 Å². The molecule has 2 aromatic rings. The number of benzene rings is 2. The van der Waals surface area contributed by atoms with Gasteiger partial charge in [-0.1, -0.05) is 73.5 Å². The Morgan fingerprint density at radius 3 is 2.10 bits per heavy atom. The molecule has 20 heavy (non-hydrogen) atoms. The van der Waals surface area contributed by atoms with Crippen molar-refractivity contribution in [2.24, 2.45) is 5.92 Å². The van der Waals surface area contributed by atoms with Crippen molar-refractivity contribution < 1.29 is 0 Å². The number of rotatable bonds is 5. The summed E-state index contributed by atoms with van der Waals surface area (Å²) < 4.78 is 0. The fourth-order valence-corrected chi connectivity index (χ4v) is 3.33. The molecule has 0 spiro atoms. The van der Waals surface area contributed by atoms with Crippen LogP contribution in [0.3, 0.4) is 0 Å². The minimum atomic E-state index is 0.499. The molecule has 2 aromatic carbocycles. The van der Waals surface area contributed by atoms with Crippen molar-refractivity contribution in [2.75, 3.05) is 0 Å². The van der Waals surface area contributed by atoms with Gasteiger partial charge in [-0.15, -0.1) is 0 Å². The van der Waals surface area contributed by atoms with Crippen LogP contribution in [0.1, 0.15) is 42.9 Å². The second-order valence-corrected chi connectivity index (χ2v) is 5.80. The molecule has 0 aromatic heterocycles. The third-order valence-corrected chi connectivity index (χ3v) is 4.40. The van der Waals surface area contributed by atoms with Crippen LogP contribution in [0.5, 0.6) is 0 Å². The van der Waals surface area contributed by atoms with E-state index in [0.29, 0.717) is 6.04 Å². The molecule has 0 bridgehead atoms. The van der Waals surface area contributed by atoms with Crippen LogP contribution < -0.4 is 5.32 Å². The average molecular weight is 265 g/mol. The molecule has 0 saturated heterocycles. The quantitative estimate of drug-likeness (QED) is 0.825. The molecule has 0 heterocycles. The Morgan fingerprint density at radius 1 is 0.850 bits per heavy atom. The van der Waals surface area contributed by atoms with Crippen LogP contribution in [0.15, 0.2) is 60.7 Å². The Hall–Kier alpha value is -1.60. The average Bonchev–Trinajstić information content (AvgIpc) is 3.04. The molecule has 1 saturated carbocycles. The van der Waals surface area contributed by atoms with Crippen LogP contribution in [0.25, 0.3) is 0 Å². The number of hydrogen-bond acceptors (Lipinski definition) is 1. The van der Waals surface area contributed by atoms with Crippen molar-refractivity contribution in [3.05, 3.63) is 71.8 Å². The number of nitrogens with one attached hydrogen (secondary N) is 1. The summed E-state index contributed by atoms with van der Waals surface area (Å²) in [5.74, 6) is 0.793. The molecule has 1 N–H and O–H groups in total. The standard InChI is InChI=1S/C19H23N/c1-3-9-16(10-4-1)15-20-19(18-13-7-8-14-18)17-11-5-2-6-12-17/h1-6,9-12,18-20H,7-8,13-15H2. The summed E-state index contributed by atoms with van der Waals surface area (Å²) in [7, 11) is 0. The molecule has 1 heteroatoms. The van der Waals surface area contributed by atoms with Gasteiger partial charge in [-0.25, -0.2) is 0 Å². The van der Waals surface area contributed by atoms with Crippen molar-refractivity contribution in [3.63, 3.8) is 0 Å². The summed E-state index contributed by atoms with van der Waals surface area (Å²) >= 11 is 0. The van der Waals surface area contributed by atoms with Gasteiger partial charge in [0.15, 0.2) is 0 Å². The molecule has 104 valence electrons. The highest BCUT2D eigenvalue weighted by Crippen LogP contribution is 2.35. The van der Waals surface area contributed by atoms with Crippen LogP contribution in [0.4, 0.5) is 0 Å². The molecule has 0 amide bonds. The maximum Gasteiger partial charge on any atom is 0.0351 e. The first kappa shape index (κ1) is 13.4. The summed E-state index contributed by atoms with van der Waals surface area (Å²) in [6, 6.07) is 22.1. The molecule has 1 nitrogen and oxygen atoms in total. The van der Waals surface area contributed by atoms with E-state index in [0.717, 1.165) is 12.5 Å². The summed E-state index contributed by atoms with van der Waals surface area (Å²) in [5, 5.41) is 3.79. The van der Waals surface area contributed by atoms with Crippen molar-refractivity contribution in [3.8, 4) is 0 Å². The largest absolute Gasteiger partial charge is 0.306 e. The van der Waals surface area contributed by atoms with Gasteiger partial charge in [-0.2, -0.15) is 0 Å². The molecule has 1 fully saturated rings. The van der Waals surface area contributed by atoms with Gasteiger partial charge in [-0.05, 0) is 29.9 Å². The summed E-state index contributed by atoms with van der Waals surface area (Å²) in [6.07, 6.45) is 5.50. The van der Waals surface area contributed by atoms with E-state index in [2.05, 4.69) is 66.0 Å². The van der Waals surface area contributed by atoms with Gasteiger partial charge in [0.05, 0.1) is 0 Å². The zero-order valence-electron chi connectivity index (χ0n) is 12.0. The first-order valence-electron chi connectivity index (χ1n) is 7.76. The Bertz CT molecular complexity index is 500. The Balaban J connectivity index is 1.72. The van der Waals surface area contributed by atoms with Gasteiger partial charge >= 0.3 is 0 Å². The van der Waals surface area contributed by atoms with Gasteiger partial charge in [0, 0.05) is 12.6 Å². The maximum atomic E-state index is 3.79. The lowest BCUT2D eigenvalue weighted by Gasteiger charge is -2.25. The monoisotopic (exact) mass is 265 g/mol. The van der Waals surface area contributed by atoms with E-state index < -0.39 is 0 Å². The second-order valence-electron chi connectivity index (χ2n) is 5.80. The molecule has 0 aliphatic heterocycles. The highest BCUT2D eigenvalue weighted by molar-refractivity contribution is 5.21. The van der Waals surface area contributed by atoms with Crippen molar-refractivity contribution >= 4 is 0 Å². The van der Waals surface area contributed by atoms with Gasteiger partial charge < -0.3 is 5.32 Å². The minimum absolute atomic E-state index is 0.499. The third-order valence-electron chi connectivity index (χ3n) is 4.40.